The Kier molecular flexibility index (Phi) is 6.69. The molecule has 1 heterocycles. The highest BCUT2D eigenvalue weighted by molar-refractivity contribution is 6.10. The predicted molar refractivity (Wildman–Crippen MR) is 112 cm³/mol. The number of methoxy groups -OCH3 is 2. The fourth-order valence-corrected chi connectivity index (χ4v) is 3.68. The highest BCUT2D eigenvalue weighted by Gasteiger charge is 2.50. The largest absolute Gasteiger partial charge is 0.383 e. The van der Waals surface area contributed by atoms with Gasteiger partial charge in [-0.25, -0.2) is 4.79 Å². The molecule has 8 nitrogen and oxygen atoms in total. The van der Waals surface area contributed by atoms with Crippen molar-refractivity contribution in [1.29, 1.82) is 0 Å². The number of carbonyl (C=O) groups excluding carboxylic acids is 3. The fraction of sp³-hybridized carbons (Fsp3) is 0.409. The van der Waals surface area contributed by atoms with Gasteiger partial charge in [-0.1, -0.05) is 42.5 Å². The third kappa shape index (κ3) is 4.15. The van der Waals surface area contributed by atoms with Crippen LogP contribution in [-0.4, -0.2) is 74.7 Å². The fourth-order valence-electron chi connectivity index (χ4n) is 3.68. The molecule has 1 fully saturated rings. The Morgan fingerprint density at radius 2 is 1.67 bits per heavy atom. The van der Waals surface area contributed by atoms with Crippen LogP contribution in [0.15, 0.2) is 42.5 Å². The zero-order chi connectivity index (χ0) is 21.7. The van der Waals surface area contributed by atoms with E-state index in [0.29, 0.717) is 31.9 Å². The predicted octanol–water partition coefficient (Wildman–Crippen LogP) is 1.73. The summed E-state index contributed by atoms with van der Waals surface area (Å²) in [7, 11) is 3.10. The minimum Gasteiger partial charge on any atom is -0.383 e. The van der Waals surface area contributed by atoms with Crippen molar-refractivity contribution < 1.29 is 23.9 Å². The lowest BCUT2D eigenvalue weighted by atomic mass is 9.88. The Labute approximate surface area is 175 Å². The van der Waals surface area contributed by atoms with Gasteiger partial charge in [0.05, 0.1) is 13.2 Å². The van der Waals surface area contributed by atoms with E-state index >= 15 is 0 Å². The molecule has 2 aromatic carbocycles. The molecular formula is C22H27N3O5. The lowest BCUT2D eigenvalue weighted by Gasteiger charge is -2.26. The summed E-state index contributed by atoms with van der Waals surface area (Å²) in [4.78, 5) is 41.3. The van der Waals surface area contributed by atoms with E-state index in [4.69, 9.17) is 9.47 Å². The number of ether oxygens (including phenoxy) is 2. The van der Waals surface area contributed by atoms with Crippen molar-refractivity contribution >= 4 is 28.6 Å². The molecule has 0 radical (unpaired) electrons. The summed E-state index contributed by atoms with van der Waals surface area (Å²) in [5.41, 5.74) is -0.549. The van der Waals surface area contributed by atoms with E-state index in [0.717, 1.165) is 15.7 Å². The standard InChI is InChI=1S/C22H27N3O5/c1-22(18-10-6-8-16-7-4-5-9-17(16)18)20(27)25(21(28)23-22)15-19(26)24(11-13-29-2)12-14-30-3/h4-10H,11-15H2,1-3H3,(H,23,28)/t22-/m0/s1. The van der Waals surface area contributed by atoms with Crippen molar-refractivity contribution in [2.45, 2.75) is 12.5 Å². The number of benzene rings is 2. The molecule has 160 valence electrons. The molecular weight excluding hydrogens is 386 g/mol. The maximum Gasteiger partial charge on any atom is 0.325 e. The summed E-state index contributed by atoms with van der Waals surface area (Å²) in [6.07, 6.45) is 0. The first-order chi connectivity index (χ1) is 14.4. The average Bonchev–Trinajstić information content (AvgIpc) is 2.97. The quantitative estimate of drug-likeness (QED) is 0.633. The number of rotatable bonds is 9. The van der Waals surface area contributed by atoms with E-state index in [2.05, 4.69) is 5.32 Å². The molecule has 0 spiro atoms. The third-order valence-corrected chi connectivity index (χ3v) is 5.38. The van der Waals surface area contributed by atoms with Gasteiger partial charge < -0.3 is 19.7 Å². The molecule has 1 aliphatic rings. The van der Waals surface area contributed by atoms with Gasteiger partial charge in [0, 0.05) is 27.3 Å². The van der Waals surface area contributed by atoms with E-state index in [1.165, 1.54) is 4.90 Å². The molecule has 0 aliphatic carbocycles. The van der Waals surface area contributed by atoms with Gasteiger partial charge in [-0.05, 0) is 23.3 Å². The summed E-state index contributed by atoms with van der Waals surface area (Å²) >= 11 is 0. The molecule has 4 amide bonds. The molecule has 3 rings (SSSR count). The summed E-state index contributed by atoms with van der Waals surface area (Å²) in [6, 6.07) is 12.7. The summed E-state index contributed by atoms with van der Waals surface area (Å²) in [5, 5.41) is 4.64. The number of hydrogen-bond donors (Lipinski definition) is 1. The van der Waals surface area contributed by atoms with E-state index in [-0.39, 0.29) is 12.5 Å². The first kappa shape index (κ1) is 21.7. The Hall–Kier alpha value is -2.97. The van der Waals surface area contributed by atoms with Crippen molar-refractivity contribution in [3.8, 4) is 0 Å². The van der Waals surface area contributed by atoms with Gasteiger partial charge in [-0.15, -0.1) is 0 Å². The molecule has 1 aliphatic heterocycles. The number of nitrogens with zero attached hydrogens (tertiary/aromatic N) is 2. The minimum atomic E-state index is -1.25. The van der Waals surface area contributed by atoms with Crippen LogP contribution in [0.3, 0.4) is 0 Å². The maximum absolute atomic E-state index is 13.3. The minimum absolute atomic E-state index is 0.335. The van der Waals surface area contributed by atoms with E-state index in [1.54, 1.807) is 21.1 Å². The van der Waals surface area contributed by atoms with Crippen LogP contribution in [0.4, 0.5) is 4.79 Å². The Morgan fingerprint density at radius 3 is 2.33 bits per heavy atom. The van der Waals surface area contributed by atoms with Gasteiger partial charge in [0.25, 0.3) is 5.91 Å². The van der Waals surface area contributed by atoms with Crippen molar-refractivity contribution in [3.63, 3.8) is 0 Å². The van der Waals surface area contributed by atoms with Crippen LogP contribution in [-0.2, 0) is 24.6 Å². The summed E-state index contributed by atoms with van der Waals surface area (Å²) in [6.45, 7) is 2.74. The normalized spacial score (nSPS) is 18.7. The Balaban J connectivity index is 1.84. The Morgan fingerprint density at radius 1 is 1.03 bits per heavy atom. The van der Waals surface area contributed by atoms with Crippen LogP contribution >= 0.6 is 0 Å². The SMILES string of the molecule is COCCN(CCOC)C(=O)CN1C(=O)N[C@@](C)(c2cccc3ccccc23)C1=O. The average molecular weight is 413 g/mol. The van der Waals surface area contributed by atoms with Crippen LogP contribution in [0, 0.1) is 0 Å². The topological polar surface area (TPSA) is 88.2 Å². The van der Waals surface area contributed by atoms with E-state index in [9.17, 15) is 14.4 Å². The molecule has 2 aromatic rings. The molecule has 8 heteroatoms. The molecule has 1 saturated heterocycles. The molecule has 0 bridgehead atoms. The summed E-state index contributed by atoms with van der Waals surface area (Å²) < 4.78 is 10.1. The molecule has 0 unspecified atom stereocenters. The van der Waals surface area contributed by atoms with Gasteiger partial charge in [-0.3, -0.25) is 14.5 Å². The second kappa shape index (κ2) is 9.23. The number of nitrogens with one attached hydrogen (secondary N) is 1. The van der Waals surface area contributed by atoms with Gasteiger partial charge >= 0.3 is 6.03 Å². The zero-order valence-electron chi connectivity index (χ0n) is 17.5. The molecule has 1 atom stereocenters. The number of fused-ring (bicyclic) bond motifs is 1. The molecule has 1 N–H and O–H groups in total. The van der Waals surface area contributed by atoms with E-state index in [1.807, 2.05) is 42.5 Å². The van der Waals surface area contributed by atoms with Crippen molar-refractivity contribution in [2.24, 2.45) is 0 Å². The van der Waals surface area contributed by atoms with Crippen LogP contribution in [0.2, 0.25) is 0 Å². The first-order valence-electron chi connectivity index (χ1n) is 9.80. The highest BCUT2D eigenvalue weighted by Crippen LogP contribution is 2.33. The van der Waals surface area contributed by atoms with E-state index < -0.39 is 17.5 Å². The van der Waals surface area contributed by atoms with Crippen molar-refractivity contribution in [2.75, 3.05) is 47.1 Å². The lowest BCUT2D eigenvalue weighted by Crippen LogP contribution is -2.46. The third-order valence-electron chi connectivity index (χ3n) is 5.38. The number of urea groups is 1. The van der Waals surface area contributed by atoms with Gasteiger partial charge in [-0.2, -0.15) is 0 Å². The van der Waals surface area contributed by atoms with Crippen LogP contribution in [0.5, 0.6) is 0 Å². The van der Waals surface area contributed by atoms with Gasteiger partial charge in [0.1, 0.15) is 12.1 Å². The molecule has 0 saturated carbocycles. The monoisotopic (exact) mass is 413 g/mol. The molecule has 30 heavy (non-hydrogen) atoms. The second-order valence-corrected chi connectivity index (χ2v) is 7.34. The lowest BCUT2D eigenvalue weighted by molar-refractivity contribution is -0.139. The molecule has 0 aromatic heterocycles. The Bertz CT molecular complexity index is 934. The van der Waals surface area contributed by atoms with Crippen LogP contribution in [0.1, 0.15) is 12.5 Å². The van der Waals surface area contributed by atoms with Crippen molar-refractivity contribution in [3.05, 3.63) is 48.0 Å². The second-order valence-electron chi connectivity index (χ2n) is 7.34. The number of imide groups is 1. The van der Waals surface area contributed by atoms with Gasteiger partial charge in [0.2, 0.25) is 5.91 Å². The van der Waals surface area contributed by atoms with Gasteiger partial charge in [0.15, 0.2) is 0 Å². The van der Waals surface area contributed by atoms with Crippen LogP contribution in [0.25, 0.3) is 10.8 Å². The summed E-state index contributed by atoms with van der Waals surface area (Å²) in [5.74, 6) is -0.787. The highest BCUT2D eigenvalue weighted by atomic mass is 16.5. The van der Waals surface area contributed by atoms with Crippen LogP contribution < -0.4 is 5.32 Å². The number of hydrogen-bond acceptors (Lipinski definition) is 5. The zero-order valence-corrected chi connectivity index (χ0v) is 17.5. The maximum atomic E-state index is 13.3. The number of amides is 4. The van der Waals surface area contributed by atoms with Crippen molar-refractivity contribution in [1.82, 2.24) is 15.1 Å². The first-order valence-corrected chi connectivity index (χ1v) is 9.80. The smallest absolute Gasteiger partial charge is 0.325 e. The number of carbonyl (C=O) groups is 3.